The Kier molecular flexibility index (Phi) is 5.25. The van der Waals surface area contributed by atoms with Crippen LogP contribution in [0.4, 0.5) is 0 Å². The summed E-state index contributed by atoms with van der Waals surface area (Å²) in [5, 5.41) is 4.86. The van der Waals surface area contributed by atoms with Crippen LogP contribution in [0.5, 0.6) is 0 Å². The average molecular weight is 420 g/mol. The molecule has 1 fully saturated rings. The molecule has 0 radical (unpaired) electrons. The van der Waals surface area contributed by atoms with Crippen LogP contribution in [0, 0.1) is 10.5 Å². The molecular weight excluding hydrogens is 391 g/mol. The van der Waals surface area contributed by atoms with E-state index in [0.29, 0.717) is 17.2 Å². The van der Waals surface area contributed by atoms with Crippen LogP contribution >= 0.6 is 22.6 Å². The molecule has 1 aromatic rings. The second-order valence-electron chi connectivity index (χ2n) is 7.83. The Morgan fingerprint density at radius 2 is 1.81 bits per heavy atom. The second-order valence-corrected chi connectivity index (χ2v) is 13.7. The molecule has 0 spiro atoms. The van der Waals surface area contributed by atoms with E-state index in [1.807, 2.05) is 6.20 Å². The molecule has 0 amide bonds. The number of nitrogens with zero attached hydrogens (tertiary/aromatic N) is 2. The minimum absolute atomic E-state index is 0.304. The highest BCUT2D eigenvalue weighted by atomic mass is 127. The smallest absolute Gasteiger partial charge is 0.192 e. The summed E-state index contributed by atoms with van der Waals surface area (Å²) in [5.74, 6) is 0. The first-order chi connectivity index (χ1) is 9.62. The molecule has 0 bridgehead atoms. The molecule has 0 aromatic carbocycles. The van der Waals surface area contributed by atoms with E-state index in [-0.39, 0.29) is 0 Å². The number of rotatable bonds is 3. The van der Waals surface area contributed by atoms with Crippen molar-refractivity contribution in [3.05, 3.63) is 15.5 Å². The Hall–Kier alpha value is 0.117. The molecule has 0 aliphatic heterocycles. The van der Waals surface area contributed by atoms with Gasteiger partial charge in [-0.25, -0.2) is 0 Å². The van der Waals surface area contributed by atoms with Crippen molar-refractivity contribution in [2.75, 3.05) is 0 Å². The standard InChI is InChI=1S/C16H29IN2OSi/c1-12-15(17)11-18-19(12)13-7-9-14(10-8-13)20-21(5,6)16(2,3)4/h11,13-14H,7-10H2,1-6H3/t13-,14-. The highest BCUT2D eigenvalue weighted by molar-refractivity contribution is 14.1. The van der Waals surface area contributed by atoms with E-state index in [4.69, 9.17) is 4.43 Å². The van der Waals surface area contributed by atoms with Gasteiger partial charge < -0.3 is 4.43 Å². The first-order valence-corrected chi connectivity index (χ1v) is 12.0. The van der Waals surface area contributed by atoms with Gasteiger partial charge in [0.05, 0.1) is 15.8 Å². The topological polar surface area (TPSA) is 27.1 Å². The van der Waals surface area contributed by atoms with Gasteiger partial charge in [0, 0.05) is 11.8 Å². The zero-order valence-corrected chi connectivity index (χ0v) is 17.4. The van der Waals surface area contributed by atoms with Crippen LogP contribution in [0.15, 0.2) is 6.20 Å². The Morgan fingerprint density at radius 1 is 1.24 bits per heavy atom. The minimum Gasteiger partial charge on any atom is -0.414 e. The van der Waals surface area contributed by atoms with Gasteiger partial charge in [-0.2, -0.15) is 5.10 Å². The van der Waals surface area contributed by atoms with Crippen molar-refractivity contribution in [1.82, 2.24) is 9.78 Å². The van der Waals surface area contributed by atoms with Gasteiger partial charge in [-0.05, 0) is 73.3 Å². The lowest BCUT2D eigenvalue weighted by Gasteiger charge is -2.41. The fourth-order valence-corrected chi connectivity index (χ4v) is 4.57. The van der Waals surface area contributed by atoms with Gasteiger partial charge in [-0.15, -0.1) is 0 Å². The van der Waals surface area contributed by atoms with E-state index in [1.165, 1.54) is 34.9 Å². The average Bonchev–Trinajstić information content (AvgIpc) is 2.69. The van der Waals surface area contributed by atoms with E-state index >= 15 is 0 Å². The lowest BCUT2D eigenvalue weighted by atomic mass is 9.93. The lowest BCUT2D eigenvalue weighted by molar-refractivity contribution is 0.115. The number of hydrogen-bond acceptors (Lipinski definition) is 2. The molecule has 0 saturated heterocycles. The zero-order valence-electron chi connectivity index (χ0n) is 14.2. The summed E-state index contributed by atoms with van der Waals surface area (Å²) in [7, 11) is -1.62. The van der Waals surface area contributed by atoms with Gasteiger partial charge in [0.2, 0.25) is 0 Å². The normalized spacial score (nSPS) is 24.3. The van der Waals surface area contributed by atoms with Gasteiger partial charge in [0.15, 0.2) is 8.32 Å². The van der Waals surface area contributed by atoms with Crippen LogP contribution in [0.1, 0.15) is 58.2 Å². The Balaban J connectivity index is 1.94. The summed E-state index contributed by atoms with van der Waals surface area (Å²) in [6.45, 7) is 13.9. The van der Waals surface area contributed by atoms with Crippen molar-refractivity contribution in [3.8, 4) is 0 Å². The van der Waals surface area contributed by atoms with Crippen molar-refractivity contribution in [1.29, 1.82) is 0 Å². The fraction of sp³-hybridized carbons (Fsp3) is 0.812. The van der Waals surface area contributed by atoms with Gasteiger partial charge in [0.1, 0.15) is 0 Å². The summed E-state index contributed by atoms with van der Waals surface area (Å²) in [6, 6.07) is 0.563. The predicted octanol–water partition coefficient (Wildman–Crippen LogP) is 5.30. The lowest BCUT2D eigenvalue weighted by Crippen LogP contribution is -2.44. The molecule has 120 valence electrons. The molecule has 5 heteroatoms. The van der Waals surface area contributed by atoms with Crippen molar-refractivity contribution >= 4 is 30.9 Å². The first kappa shape index (κ1) is 17.5. The Bertz CT molecular complexity index is 485. The summed E-state index contributed by atoms with van der Waals surface area (Å²) in [5.41, 5.74) is 1.31. The maximum atomic E-state index is 6.57. The largest absolute Gasteiger partial charge is 0.414 e. The molecule has 0 atom stereocenters. The van der Waals surface area contributed by atoms with Crippen LogP contribution in [0.3, 0.4) is 0 Å². The molecule has 1 aliphatic carbocycles. The van der Waals surface area contributed by atoms with E-state index < -0.39 is 8.32 Å². The van der Waals surface area contributed by atoms with Crippen molar-refractivity contribution < 1.29 is 4.43 Å². The third kappa shape index (κ3) is 3.91. The quantitative estimate of drug-likeness (QED) is 0.490. The van der Waals surface area contributed by atoms with Crippen molar-refractivity contribution in [2.45, 2.75) is 83.7 Å². The molecule has 1 aliphatic rings. The fourth-order valence-electron chi connectivity index (χ4n) is 2.77. The molecule has 1 saturated carbocycles. The molecule has 2 rings (SSSR count). The van der Waals surface area contributed by atoms with Crippen LogP contribution < -0.4 is 0 Å². The third-order valence-electron chi connectivity index (χ3n) is 5.24. The zero-order chi connectivity index (χ0) is 15.8. The van der Waals surface area contributed by atoms with Crippen LogP contribution in [-0.2, 0) is 4.43 Å². The number of halogens is 1. The summed E-state index contributed by atoms with van der Waals surface area (Å²) >= 11 is 2.37. The summed E-state index contributed by atoms with van der Waals surface area (Å²) < 4.78 is 10.1. The van der Waals surface area contributed by atoms with E-state index in [2.05, 4.69) is 73.2 Å². The van der Waals surface area contributed by atoms with E-state index in [1.54, 1.807) is 0 Å². The van der Waals surface area contributed by atoms with Gasteiger partial charge in [-0.1, -0.05) is 20.8 Å². The maximum absolute atomic E-state index is 6.57. The molecular formula is C16H29IN2OSi. The molecule has 1 heterocycles. The van der Waals surface area contributed by atoms with Crippen molar-refractivity contribution in [2.24, 2.45) is 0 Å². The van der Waals surface area contributed by atoms with Crippen molar-refractivity contribution in [3.63, 3.8) is 0 Å². The third-order valence-corrected chi connectivity index (χ3v) is 10.8. The van der Waals surface area contributed by atoms with Crippen LogP contribution in [-0.4, -0.2) is 24.2 Å². The summed E-state index contributed by atoms with van der Waals surface area (Å²) in [6.07, 6.45) is 7.17. The highest BCUT2D eigenvalue weighted by Crippen LogP contribution is 2.40. The first-order valence-electron chi connectivity index (χ1n) is 7.99. The molecule has 21 heavy (non-hydrogen) atoms. The molecule has 0 N–H and O–H groups in total. The van der Waals surface area contributed by atoms with Gasteiger partial charge >= 0.3 is 0 Å². The van der Waals surface area contributed by atoms with Gasteiger partial charge in [0.25, 0.3) is 0 Å². The summed E-state index contributed by atoms with van der Waals surface area (Å²) in [4.78, 5) is 0. The van der Waals surface area contributed by atoms with Crippen LogP contribution in [0.25, 0.3) is 0 Å². The Labute approximate surface area is 144 Å². The number of aromatic nitrogens is 2. The highest BCUT2D eigenvalue weighted by Gasteiger charge is 2.40. The molecule has 1 aromatic heterocycles. The van der Waals surface area contributed by atoms with Crippen LogP contribution in [0.2, 0.25) is 18.1 Å². The van der Waals surface area contributed by atoms with E-state index in [0.717, 1.165) is 0 Å². The maximum Gasteiger partial charge on any atom is 0.192 e. The number of hydrogen-bond donors (Lipinski definition) is 0. The monoisotopic (exact) mass is 420 g/mol. The SMILES string of the molecule is Cc1c(I)cnn1[C@H]1CC[C@H](O[Si](C)(C)C(C)(C)C)CC1. The predicted molar refractivity (Wildman–Crippen MR) is 99.3 cm³/mol. The van der Waals surface area contributed by atoms with E-state index in [9.17, 15) is 0 Å². The molecule has 3 nitrogen and oxygen atoms in total. The minimum atomic E-state index is -1.62. The second kappa shape index (κ2) is 6.32. The van der Waals surface area contributed by atoms with Gasteiger partial charge in [-0.3, -0.25) is 4.68 Å². The Morgan fingerprint density at radius 3 is 2.24 bits per heavy atom. The molecule has 0 unspecified atom stereocenters.